The van der Waals surface area contributed by atoms with Crippen LogP contribution in [0, 0.1) is 0 Å². The van der Waals surface area contributed by atoms with Gasteiger partial charge >= 0.3 is 11.9 Å². The van der Waals surface area contributed by atoms with Gasteiger partial charge in [-0.15, -0.1) is 0 Å². The molecule has 3 N–H and O–H groups in total. The minimum atomic E-state index is -0.691. The minimum absolute atomic E-state index is 0.152. The number of carbonyl (C=O) groups excluding carboxylic acids is 2. The van der Waals surface area contributed by atoms with Crippen molar-refractivity contribution in [1.82, 2.24) is 14.8 Å². The summed E-state index contributed by atoms with van der Waals surface area (Å²) < 4.78 is 17.9. The topological polar surface area (TPSA) is 121 Å². The number of H-pyrrole nitrogens is 1. The van der Waals surface area contributed by atoms with Crippen molar-refractivity contribution in [1.29, 1.82) is 0 Å². The third-order valence-corrected chi connectivity index (χ3v) is 3.48. The predicted molar refractivity (Wildman–Crippen MR) is 112 cm³/mol. The van der Waals surface area contributed by atoms with E-state index in [9.17, 15) is 9.59 Å². The summed E-state index contributed by atoms with van der Waals surface area (Å²) >= 11 is 0. The Morgan fingerprint density at radius 3 is 2.40 bits per heavy atom. The fraction of sp³-hybridized carbons (Fsp3) is 0.476. The molecule has 0 bridgehead atoms. The van der Waals surface area contributed by atoms with Crippen LogP contribution in [0.5, 0.6) is 5.75 Å². The molecule has 0 radical (unpaired) electrons. The molecule has 30 heavy (non-hydrogen) atoms. The molecule has 0 saturated heterocycles. The number of ether oxygens (including phenoxy) is 3. The zero-order valence-electron chi connectivity index (χ0n) is 18.3. The second-order valence-electron chi connectivity index (χ2n) is 8.55. The van der Waals surface area contributed by atoms with Crippen LogP contribution < -0.4 is 10.5 Å². The van der Waals surface area contributed by atoms with Crippen molar-refractivity contribution in [2.24, 2.45) is 5.73 Å². The van der Waals surface area contributed by atoms with Gasteiger partial charge in [-0.25, -0.2) is 14.3 Å². The summed E-state index contributed by atoms with van der Waals surface area (Å²) in [6.07, 6.45) is 4.36. The molecule has 0 fully saturated rings. The van der Waals surface area contributed by atoms with Crippen LogP contribution in [0.15, 0.2) is 30.6 Å². The van der Waals surface area contributed by atoms with E-state index in [2.05, 4.69) is 10.1 Å². The molecule has 2 aromatic rings. The molecule has 2 rings (SSSR count). The SMILES string of the molecule is CC(C)(C)OC(=O)C=C(c1[nH]ccc1OCCN)n1nccc1C(=O)OC(C)(C)C. The molecule has 2 aromatic heterocycles. The van der Waals surface area contributed by atoms with Gasteiger partial charge in [-0.1, -0.05) is 0 Å². The summed E-state index contributed by atoms with van der Waals surface area (Å²) in [5.74, 6) is -0.713. The molecule has 2 heterocycles. The first kappa shape index (κ1) is 23.2. The molecule has 0 amide bonds. The lowest BCUT2D eigenvalue weighted by Crippen LogP contribution is -2.26. The summed E-state index contributed by atoms with van der Waals surface area (Å²) in [6, 6.07) is 3.21. The largest absolute Gasteiger partial charge is 0.490 e. The Balaban J connectivity index is 2.54. The Hall–Kier alpha value is -3.07. The van der Waals surface area contributed by atoms with E-state index in [0.717, 1.165) is 0 Å². The van der Waals surface area contributed by atoms with E-state index in [1.54, 1.807) is 53.8 Å². The zero-order valence-corrected chi connectivity index (χ0v) is 18.3. The van der Waals surface area contributed by atoms with Gasteiger partial charge in [0.05, 0.1) is 12.3 Å². The van der Waals surface area contributed by atoms with Crippen LogP contribution >= 0.6 is 0 Å². The summed E-state index contributed by atoms with van der Waals surface area (Å²) in [6.45, 7) is 11.2. The first-order valence-electron chi connectivity index (χ1n) is 9.64. The zero-order chi connectivity index (χ0) is 22.5. The van der Waals surface area contributed by atoms with Gasteiger partial charge in [0.1, 0.15) is 34.9 Å². The molecule has 0 aromatic carbocycles. The van der Waals surface area contributed by atoms with Gasteiger partial charge in [-0.05, 0) is 53.7 Å². The van der Waals surface area contributed by atoms with Gasteiger partial charge in [0.2, 0.25) is 0 Å². The molecule has 0 unspecified atom stereocenters. The molecule has 0 spiro atoms. The van der Waals surface area contributed by atoms with Gasteiger partial charge < -0.3 is 24.9 Å². The molecule has 9 nitrogen and oxygen atoms in total. The quantitative estimate of drug-likeness (QED) is 0.524. The lowest BCUT2D eigenvalue weighted by Gasteiger charge is -2.21. The minimum Gasteiger partial charge on any atom is -0.490 e. The summed E-state index contributed by atoms with van der Waals surface area (Å²) in [7, 11) is 0. The molecular weight excluding hydrogens is 388 g/mol. The van der Waals surface area contributed by atoms with Crippen LogP contribution in [0.2, 0.25) is 0 Å². The number of hydrogen-bond acceptors (Lipinski definition) is 7. The predicted octanol–water partition coefficient (Wildman–Crippen LogP) is 2.73. The van der Waals surface area contributed by atoms with Gasteiger partial charge in [-0.2, -0.15) is 5.10 Å². The van der Waals surface area contributed by atoms with Crippen LogP contribution in [0.1, 0.15) is 57.7 Å². The number of nitrogens with two attached hydrogens (primary N) is 1. The number of carbonyl (C=O) groups is 2. The fourth-order valence-electron chi connectivity index (χ4n) is 2.51. The number of hydrogen-bond donors (Lipinski definition) is 2. The summed E-state index contributed by atoms with van der Waals surface area (Å²) in [5.41, 5.74) is 5.02. The highest BCUT2D eigenvalue weighted by Gasteiger charge is 2.25. The Kier molecular flexibility index (Phi) is 7.09. The molecule has 0 atom stereocenters. The van der Waals surface area contributed by atoms with E-state index in [-0.39, 0.29) is 18.0 Å². The fourth-order valence-corrected chi connectivity index (χ4v) is 2.51. The van der Waals surface area contributed by atoms with Gasteiger partial charge in [-0.3, -0.25) is 0 Å². The van der Waals surface area contributed by atoms with Crippen LogP contribution in [0.3, 0.4) is 0 Å². The normalized spacial score (nSPS) is 12.6. The Labute approximate surface area is 176 Å². The lowest BCUT2D eigenvalue weighted by atomic mass is 10.2. The maximum Gasteiger partial charge on any atom is 0.357 e. The number of aromatic nitrogens is 3. The maximum absolute atomic E-state index is 12.7. The van der Waals surface area contributed by atoms with Crippen molar-refractivity contribution >= 4 is 17.6 Å². The van der Waals surface area contributed by atoms with E-state index >= 15 is 0 Å². The van der Waals surface area contributed by atoms with E-state index in [1.165, 1.54) is 23.0 Å². The molecule has 164 valence electrons. The summed E-state index contributed by atoms with van der Waals surface area (Å²) in [4.78, 5) is 28.3. The Morgan fingerprint density at radius 2 is 1.80 bits per heavy atom. The molecule has 0 saturated carbocycles. The summed E-state index contributed by atoms with van der Waals surface area (Å²) in [5, 5.41) is 4.23. The molecule has 0 aliphatic carbocycles. The molecule has 0 aliphatic heterocycles. The first-order valence-corrected chi connectivity index (χ1v) is 9.64. The second kappa shape index (κ2) is 9.17. The monoisotopic (exact) mass is 418 g/mol. The smallest absolute Gasteiger partial charge is 0.357 e. The maximum atomic E-state index is 12.7. The van der Waals surface area contributed by atoms with Crippen molar-refractivity contribution < 1.29 is 23.8 Å². The average molecular weight is 418 g/mol. The van der Waals surface area contributed by atoms with E-state index < -0.39 is 23.1 Å². The van der Waals surface area contributed by atoms with Crippen molar-refractivity contribution in [3.05, 3.63) is 42.0 Å². The van der Waals surface area contributed by atoms with Crippen LogP contribution in [-0.4, -0.2) is 51.1 Å². The Bertz CT molecular complexity index is 912. The second-order valence-corrected chi connectivity index (χ2v) is 8.55. The van der Waals surface area contributed by atoms with Crippen LogP contribution in [-0.2, 0) is 14.3 Å². The molecular formula is C21H30N4O5. The van der Waals surface area contributed by atoms with Crippen molar-refractivity contribution in [2.75, 3.05) is 13.2 Å². The van der Waals surface area contributed by atoms with Crippen molar-refractivity contribution in [3.8, 4) is 5.75 Å². The lowest BCUT2D eigenvalue weighted by molar-refractivity contribution is -0.148. The highest BCUT2D eigenvalue weighted by Crippen LogP contribution is 2.28. The number of nitrogens with zero attached hydrogens (tertiary/aromatic N) is 2. The third-order valence-electron chi connectivity index (χ3n) is 3.48. The number of nitrogens with one attached hydrogen (secondary N) is 1. The van der Waals surface area contributed by atoms with E-state index in [0.29, 0.717) is 18.0 Å². The number of esters is 2. The van der Waals surface area contributed by atoms with E-state index in [1.807, 2.05) is 0 Å². The highest BCUT2D eigenvalue weighted by molar-refractivity contribution is 5.95. The van der Waals surface area contributed by atoms with Crippen LogP contribution in [0.25, 0.3) is 5.70 Å². The standard InChI is InChI=1S/C21H30N4O5/c1-20(2,3)29-17(26)13-15(18-16(8-10-23-18)28-12-9-22)25-14(7-11-24-25)19(27)30-21(4,5)6/h7-8,10-11,13,23H,9,12,22H2,1-6H3. The van der Waals surface area contributed by atoms with Gasteiger partial charge in [0.25, 0.3) is 0 Å². The molecule has 0 aliphatic rings. The van der Waals surface area contributed by atoms with Gasteiger partial charge in [0.15, 0.2) is 5.69 Å². The number of aromatic amines is 1. The van der Waals surface area contributed by atoms with E-state index in [4.69, 9.17) is 19.9 Å². The van der Waals surface area contributed by atoms with Crippen LogP contribution in [0.4, 0.5) is 0 Å². The van der Waals surface area contributed by atoms with Crippen molar-refractivity contribution in [2.45, 2.75) is 52.7 Å². The van der Waals surface area contributed by atoms with Crippen molar-refractivity contribution in [3.63, 3.8) is 0 Å². The van der Waals surface area contributed by atoms with Gasteiger partial charge in [0, 0.05) is 12.7 Å². The first-order chi connectivity index (χ1) is 13.9. The molecule has 9 heteroatoms. The number of rotatable bonds is 7. The average Bonchev–Trinajstić information content (AvgIpc) is 3.24. The highest BCUT2D eigenvalue weighted by atomic mass is 16.6. The third kappa shape index (κ3) is 6.48. The Morgan fingerprint density at radius 1 is 1.13 bits per heavy atom.